The number of benzene rings is 1. The molecule has 0 saturated heterocycles. The fourth-order valence-electron chi connectivity index (χ4n) is 3.35. The zero-order valence-corrected chi connectivity index (χ0v) is 18.9. The van der Waals surface area contributed by atoms with Crippen LogP contribution >= 0.6 is 11.3 Å². The zero-order chi connectivity index (χ0) is 23.8. The van der Waals surface area contributed by atoms with Gasteiger partial charge in [0.1, 0.15) is 39.5 Å². The summed E-state index contributed by atoms with van der Waals surface area (Å²) in [7, 11) is 0. The van der Waals surface area contributed by atoms with Crippen LogP contribution < -0.4 is 10.1 Å². The molecule has 1 aromatic carbocycles. The van der Waals surface area contributed by atoms with Gasteiger partial charge in [0.15, 0.2) is 11.4 Å². The molecule has 1 atom stereocenters. The number of nitrogens with zero attached hydrogens (tertiary/aromatic N) is 4. The Bertz CT molecular complexity index is 1320. The van der Waals surface area contributed by atoms with Gasteiger partial charge in [0, 0.05) is 6.20 Å². The minimum Gasteiger partial charge on any atom is -0.485 e. The van der Waals surface area contributed by atoms with E-state index in [4.69, 9.17) is 4.74 Å². The standard InChI is InChI=1S/C22H21F2N5O3S/c1-12-18(20(31)26-22(3,11-30)21-28-27-13(2)33-21)29-9-5-8-17(19(29)25-12)32-10-14-15(23)6-4-7-16(14)24/h4-9,30H,10-11H2,1-3H3,(H,26,31)/t22-/m1/s1. The quantitative estimate of drug-likeness (QED) is 0.427. The van der Waals surface area contributed by atoms with E-state index in [1.807, 2.05) is 0 Å². The molecule has 4 rings (SSSR count). The van der Waals surface area contributed by atoms with E-state index in [2.05, 4.69) is 20.5 Å². The molecule has 0 bridgehead atoms. The van der Waals surface area contributed by atoms with E-state index in [1.54, 1.807) is 39.1 Å². The van der Waals surface area contributed by atoms with E-state index in [9.17, 15) is 18.7 Å². The van der Waals surface area contributed by atoms with Gasteiger partial charge in [-0.25, -0.2) is 13.8 Å². The van der Waals surface area contributed by atoms with Gasteiger partial charge in [-0.2, -0.15) is 0 Å². The van der Waals surface area contributed by atoms with Gasteiger partial charge in [-0.15, -0.1) is 10.2 Å². The summed E-state index contributed by atoms with van der Waals surface area (Å²) in [6, 6.07) is 6.83. The second kappa shape index (κ2) is 8.83. The predicted octanol–water partition coefficient (Wildman–Crippen LogP) is 3.30. The lowest BCUT2D eigenvalue weighted by Crippen LogP contribution is -2.46. The number of aryl methyl sites for hydroxylation is 2. The molecule has 2 N–H and O–H groups in total. The molecule has 0 saturated carbocycles. The van der Waals surface area contributed by atoms with Gasteiger partial charge < -0.3 is 15.2 Å². The summed E-state index contributed by atoms with van der Waals surface area (Å²) < 4.78 is 35.1. The lowest BCUT2D eigenvalue weighted by atomic mass is 10.0. The van der Waals surface area contributed by atoms with Crippen LogP contribution in [0.5, 0.6) is 5.75 Å². The van der Waals surface area contributed by atoms with Crippen molar-refractivity contribution in [2.24, 2.45) is 0 Å². The molecule has 0 unspecified atom stereocenters. The molecule has 1 amide bonds. The largest absolute Gasteiger partial charge is 0.485 e. The summed E-state index contributed by atoms with van der Waals surface area (Å²) in [6.07, 6.45) is 1.63. The molecule has 0 aliphatic carbocycles. The number of amides is 1. The van der Waals surface area contributed by atoms with Crippen molar-refractivity contribution in [2.45, 2.75) is 32.9 Å². The van der Waals surface area contributed by atoms with E-state index in [-0.39, 0.29) is 30.2 Å². The van der Waals surface area contributed by atoms with Crippen molar-refractivity contribution in [3.63, 3.8) is 0 Å². The number of rotatable bonds is 7. The Morgan fingerprint density at radius 2 is 1.94 bits per heavy atom. The number of aliphatic hydroxyl groups excluding tert-OH is 1. The Hall–Kier alpha value is -3.44. The van der Waals surface area contributed by atoms with E-state index in [1.165, 1.54) is 21.8 Å². The molecule has 0 fully saturated rings. The summed E-state index contributed by atoms with van der Waals surface area (Å²) in [4.78, 5) is 17.6. The number of aliphatic hydroxyl groups is 1. The van der Waals surface area contributed by atoms with Gasteiger partial charge in [-0.1, -0.05) is 17.4 Å². The second-order valence-electron chi connectivity index (χ2n) is 7.67. The highest BCUT2D eigenvalue weighted by Gasteiger charge is 2.33. The maximum atomic E-state index is 14.0. The van der Waals surface area contributed by atoms with Gasteiger partial charge in [-0.3, -0.25) is 9.20 Å². The second-order valence-corrected chi connectivity index (χ2v) is 8.85. The Morgan fingerprint density at radius 3 is 2.58 bits per heavy atom. The molecule has 33 heavy (non-hydrogen) atoms. The molecule has 0 radical (unpaired) electrons. The number of halogens is 2. The maximum absolute atomic E-state index is 14.0. The summed E-state index contributed by atoms with van der Waals surface area (Å²) in [5.41, 5.74) is -0.389. The van der Waals surface area contributed by atoms with E-state index < -0.39 is 23.1 Å². The first-order valence-electron chi connectivity index (χ1n) is 10.0. The molecule has 3 aromatic heterocycles. The minimum atomic E-state index is -1.14. The smallest absolute Gasteiger partial charge is 0.271 e. The first kappa shape index (κ1) is 22.7. The number of fused-ring (bicyclic) bond motifs is 1. The summed E-state index contributed by atoms with van der Waals surface area (Å²) in [5.74, 6) is -1.65. The predicted molar refractivity (Wildman–Crippen MR) is 117 cm³/mol. The van der Waals surface area contributed by atoms with Crippen molar-refractivity contribution in [1.29, 1.82) is 0 Å². The van der Waals surface area contributed by atoms with Crippen LogP contribution in [0.1, 0.15) is 38.7 Å². The van der Waals surface area contributed by atoms with E-state index in [0.29, 0.717) is 21.4 Å². The number of nitrogens with one attached hydrogen (secondary N) is 1. The third-order valence-corrected chi connectivity index (χ3v) is 6.24. The third-order valence-electron chi connectivity index (χ3n) is 5.14. The van der Waals surface area contributed by atoms with Crippen LogP contribution in [-0.4, -0.2) is 37.2 Å². The first-order valence-corrected chi connectivity index (χ1v) is 10.8. The summed E-state index contributed by atoms with van der Waals surface area (Å²) >= 11 is 1.27. The Kier molecular flexibility index (Phi) is 6.09. The van der Waals surface area contributed by atoms with Crippen LogP contribution in [0.25, 0.3) is 5.65 Å². The third kappa shape index (κ3) is 4.29. The van der Waals surface area contributed by atoms with Gasteiger partial charge in [-0.05, 0) is 45.0 Å². The average molecular weight is 474 g/mol. The summed E-state index contributed by atoms with van der Waals surface area (Å²) in [5, 5.41) is 22.0. The van der Waals surface area contributed by atoms with Crippen molar-refractivity contribution < 1.29 is 23.4 Å². The Morgan fingerprint density at radius 1 is 1.21 bits per heavy atom. The average Bonchev–Trinajstić information content (AvgIpc) is 3.36. The Balaban J connectivity index is 1.64. The van der Waals surface area contributed by atoms with Crippen LogP contribution in [0.3, 0.4) is 0 Å². The first-order chi connectivity index (χ1) is 15.7. The van der Waals surface area contributed by atoms with E-state index in [0.717, 1.165) is 12.1 Å². The number of aromatic nitrogens is 4. The fourth-order valence-corrected chi connectivity index (χ4v) is 4.14. The van der Waals surface area contributed by atoms with Gasteiger partial charge in [0.05, 0.1) is 17.9 Å². The van der Waals surface area contributed by atoms with Crippen molar-refractivity contribution in [3.8, 4) is 5.75 Å². The molecular formula is C22H21F2N5O3S. The number of hydrogen-bond donors (Lipinski definition) is 2. The molecule has 0 aliphatic rings. The molecule has 8 nitrogen and oxygen atoms in total. The fraction of sp³-hybridized carbons (Fsp3) is 0.273. The lowest BCUT2D eigenvalue weighted by Gasteiger charge is -2.25. The molecule has 3 heterocycles. The molecule has 0 spiro atoms. The molecule has 11 heteroatoms. The SMILES string of the molecule is Cc1nnc([C@@](C)(CO)NC(=O)c2c(C)nc3c(OCc4c(F)cccc4F)cccn23)s1. The van der Waals surface area contributed by atoms with Crippen molar-refractivity contribution in [3.05, 3.63) is 75.1 Å². The highest BCUT2D eigenvalue weighted by atomic mass is 32.1. The van der Waals surface area contributed by atoms with Crippen LogP contribution in [0.2, 0.25) is 0 Å². The van der Waals surface area contributed by atoms with Gasteiger partial charge in [0.25, 0.3) is 5.91 Å². The van der Waals surface area contributed by atoms with Gasteiger partial charge >= 0.3 is 0 Å². The highest BCUT2D eigenvalue weighted by Crippen LogP contribution is 2.27. The number of ether oxygens (including phenoxy) is 1. The van der Waals surface area contributed by atoms with Gasteiger partial charge in [0.2, 0.25) is 0 Å². The molecule has 0 aliphatic heterocycles. The number of carbonyl (C=O) groups excluding carboxylic acids is 1. The number of carbonyl (C=O) groups is 1. The number of hydrogen-bond acceptors (Lipinski definition) is 7. The van der Waals surface area contributed by atoms with Crippen LogP contribution in [0.4, 0.5) is 8.78 Å². The van der Waals surface area contributed by atoms with Crippen molar-refractivity contribution in [2.75, 3.05) is 6.61 Å². The lowest BCUT2D eigenvalue weighted by molar-refractivity contribution is 0.0842. The topological polar surface area (TPSA) is 102 Å². The number of imidazole rings is 1. The Labute approximate surface area is 191 Å². The monoisotopic (exact) mass is 473 g/mol. The highest BCUT2D eigenvalue weighted by molar-refractivity contribution is 7.11. The van der Waals surface area contributed by atoms with Crippen LogP contribution in [0.15, 0.2) is 36.5 Å². The molecule has 4 aromatic rings. The maximum Gasteiger partial charge on any atom is 0.271 e. The van der Waals surface area contributed by atoms with E-state index >= 15 is 0 Å². The van der Waals surface area contributed by atoms with Crippen molar-refractivity contribution in [1.82, 2.24) is 24.9 Å². The zero-order valence-electron chi connectivity index (χ0n) is 18.1. The van der Waals surface area contributed by atoms with Crippen LogP contribution in [0, 0.1) is 25.5 Å². The molecule has 172 valence electrons. The van der Waals surface area contributed by atoms with Crippen LogP contribution in [-0.2, 0) is 12.1 Å². The summed E-state index contributed by atoms with van der Waals surface area (Å²) in [6.45, 7) is 4.37. The normalized spacial score (nSPS) is 13.2. The number of pyridine rings is 1. The molecular weight excluding hydrogens is 452 g/mol. The minimum absolute atomic E-state index is 0.202. The van der Waals surface area contributed by atoms with Crippen molar-refractivity contribution >= 4 is 22.9 Å².